The second-order valence-electron chi connectivity index (χ2n) is 9.78. The highest BCUT2D eigenvalue weighted by atomic mass is 19.4. The molecule has 1 saturated heterocycles. The molecule has 0 aliphatic carbocycles. The average molecular weight is 616 g/mol. The number of piperidine rings is 1. The van der Waals surface area contributed by atoms with Gasteiger partial charge in [0, 0.05) is 31.5 Å². The van der Waals surface area contributed by atoms with Gasteiger partial charge in [-0.05, 0) is 68.8 Å². The van der Waals surface area contributed by atoms with Crippen molar-refractivity contribution in [2.75, 3.05) is 43.5 Å². The Morgan fingerprint density at radius 2 is 1.65 bits per heavy atom. The van der Waals surface area contributed by atoms with Crippen molar-refractivity contribution in [1.82, 2.24) is 14.9 Å². The summed E-state index contributed by atoms with van der Waals surface area (Å²) in [5, 5.41) is 2.76. The number of likely N-dealkylation sites (tertiary alicyclic amines) is 1. The number of nitrogens with zero attached hydrogens (tertiary/aromatic N) is 4. The number of rotatable bonds is 9. The molecule has 2 heterocycles. The normalized spacial score (nSPS) is 14.3. The van der Waals surface area contributed by atoms with Gasteiger partial charge in [-0.3, -0.25) is 4.90 Å². The molecule has 0 saturated carbocycles. The molecule has 1 aromatic heterocycles. The summed E-state index contributed by atoms with van der Waals surface area (Å²) in [5.41, 5.74) is -3.02. The Labute approximate surface area is 242 Å². The van der Waals surface area contributed by atoms with Crippen molar-refractivity contribution in [3.05, 3.63) is 65.6 Å². The number of nitrogens with one attached hydrogen (secondary N) is 1. The second-order valence-corrected chi connectivity index (χ2v) is 9.78. The van der Waals surface area contributed by atoms with Gasteiger partial charge >= 0.3 is 18.4 Å². The fraction of sp³-hybridized carbons (Fsp3) is 0.393. The third-order valence-corrected chi connectivity index (χ3v) is 6.54. The molecule has 3 aromatic rings. The minimum Gasteiger partial charge on any atom is -0.490 e. The van der Waals surface area contributed by atoms with Crippen LogP contribution >= 0.6 is 0 Å². The quantitative estimate of drug-likeness (QED) is 0.200. The number of hydrogen-bond donors (Lipinski definition) is 1. The Morgan fingerprint density at radius 1 is 0.977 bits per heavy atom. The van der Waals surface area contributed by atoms with E-state index in [-0.39, 0.29) is 41.4 Å². The lowest BCUT2D eigenvalue weighted by atomic mass is 10.1. The summed E-state index contributed by atoms with van der Waals surface area (Å²) in [7, 11) is 1.14. The molecular weight excluding hydrogens is 587 g/mol. The van der Waals surface area contributed by atoms with Gasteiger partial charge in [0.2, 0.25) is 5.95 Å². The van der Waals surface area contributed by atoms with E-state index in [4.69, 9.17) is 9.47 Å². The first-order valence-corrected chi connectivity index (χ1v) is 13.3. The summed E-state index contributed by atoms with van der Waals surface area (Å²) in [4.78, 5) is 23.8. The van der Waals surface area contributed by atoms with Crippen LogP contribution in [0.25, 0.3) is 0 Å². The van der Waals surface area contributed by atoms with E-state index in [1.807, 2.05) is 0 Å². The van der Waals surface area contributed by atoms with E-state index in [2.05, 4.69) is 20.2 Å². The molecule has 0 spiro atoms. The third-order valence-electron chi connectivity index (χ3n) is 6.54. The molecule has 2 aromatic carbocycles. The topological polar surface area (TPSA) is 79.8 Å². The fourth-order valence-electron chi connectivity index (χ4n) is 4.32. The van der Waals surface area contributed by atoms with E-state index in [0.29, 0.717) is 6.61 Å². The Balaban J connectivity index is 1.37. The summed E-state index contributed by atoms with van der Waals surface area (Å²) >= 11 is 0. The fourth-order valence-corrected chi connectivity index (χ4v) is 4.32. The standard InChI is InChI=1S/C28H28F7N5O3/c1-39(26(41)43-21-15-18(27(30,31)32)14-19(16-21)28(33,34)35)24-8-9-36-25(38-24)37-20-6-7-23(22(29)17-20)42-13-5-12-40-10-3-2-4-11-40/h6-9,14-17H,2-5,10-13H2,1H3,(H,36,37,38). The second kappa shape index (κ2) is 13.4. The molecule has 1 fully saturated rings. The van der Waals surface area contributed by atoms with E-state index in [9.17, 15) is 35.5 Å². The van der Waals surface area contributed by atoms with Crippen molar-refractivity contribution < 1.29 is 45.0 Å². The first-order chi connectivity index (χ1) is 20.3. The van der Waals surface area contributed by atoms with Gasteiger partial charge in [-0.25, -0.2) is 14.2 Å². The van der Waals surface area contributed by atoms with E-state index in [1.54, 1.807) is 0 Å². The summed E-state index contributed by atoms with van der Waals surface area (Å²) in [6, 6.07) is 5.87. The van der Waals surface area contributed by atoms with Gasteiger partial charge in [0.05, 0.1) is 17.7 Å². The van der Waals surface area contributed by atoms with Crippen LogP contribution in [0.5, 0.6) is 11.5 Å². The molecule has 232 valence electrons. The molecule has 0 bridgehead atoms. The minimum absolute atomic E-state index is 0.0737. The maximum absolute atomic E-state index is 14.6. The van der Waals surface area contributed by atoms with Gasteiger partial charge in [0.15, 0.2) is 11.6 Å². The van der Waals surface area contributed by atoms with Crippen LogP contribution in [0, 0.1) is 5.82 Å². The van der Waals surface area contributed by atoms with Gasteiger partial charge in [-0.2, -0.15) is 31.3 Å². The number of alkyl halides is 6. The third kappa shape index (κ3) is 8.92. The van der Waals surface area contributed by atoms with E-state index < -0.39 is 41.1 Å². The Bertz CT molecular complexity index is 1380. The zero-order chi connectivity index (χ0) is 31.2. The Morgan fingerprint density at radius 3 is 2.28 bits per heavy atom. The van der Waals surface area contributed by atoms with Gasteiger partial charge in [-0.15, -0.1) is 0 Å². The van der Waals surface area contributed by atoms with Crippen molar-refractivity contribution >= 4 is 23.5 Å². The minimum atomic E-state index is -5.11. The Kier molecular flexibility index (Phi) is 9.94. The van der Waals surface area contributed by atoms with Gasteiger partial charge in [-0.1, -0.05) is 6.42 Å². The van der Waals surface area contributed by atoms with Crippen molar-refractivity contribution in [2.24, 2.45) is 0 Å². The number of carbonyl (C=O) groups excluding carboxylic acids is 1. The first kappa shape index (κ1) is 31.8. The van der Waals surface area contributed by atoms with E-state index in [0.717, 1.165) is 38.0 Å². The van der Waals surface area contributed by atoms with Crippen LogP contribution in [0.4, 0.5) is 53.0 Å². The van der Waals surface area contributed by atoms with Gasteiger partial charge < -0.3 is 19.7 Å². The zero-order valence-electron chi connectivity index (χ0n) is 22.9. The van der Waals surface area contributed by atoms with Crippen molar-refractivity contribution in [3.63, 3.8) is 0 Å². The number of ether oxygens (including phenoxy) is 2. The smallest absolute Gasteiger partial charge is 0.420 e. The summed E-state index contributed by atoms with van der Waals surface area (Å²) in [5.74, 6) is -1.70. The predicted molar refractivity (Wildman–Crippen MR) is 143 cm³/mol. The van der Waals surface area contributed by atoms with Crippen molar-refractivity contribution in [1.29, 1.82) is 0 Å². The van der Waals surface area contributed by atoms with Crippen LogP contribution in [0.15, 0.2) is 48.7 Å². The molecule has 4 rings (SSSR count). The van der Waals surface area contributed by atoms with Gasteiger partial charge in [0.1, 0.15) is 11.6 Å². The van der Waals surface area contributed by atoms with Crippen LogP contribution in [-0.2, 0) is 12.4 Å². The van der Waals surface area contributed by atoms with Crippen LogP contribution in [0.1, 0.15) is 36.8 Å². The predicted octanol–water partition coefficient (Wildman–Crippen LogP) is 7.29. The largest absolute Gasteiger partial charge is 0.490 e. The van der Waals surface area contributed by atoms with Crippen LogP contribution in [0.3, 0.4) is 0 Å². The number of amides is 1. The SMILES string of the molecule is CN(C(=O)Oc1cc(C(F)(F)F)cc(C(F)(F)F)c1)c1ccnc(Nc2ccc(OCCCN3CCCCC3)c(F)c2)n1. The monoisotopic (exact) mass is 615 g/mol. The van der Waals surface area contributed by atoms with Gasteiger partial charge in [0.25, 0.3) is 0 Å². The Hall–Kier alpha value is -4.14. The first-order valence-electron chi connectivity index (χ1n) is 13.3. The number of benzene rings is 2. The highest BCUT2D eigenvalue weighted by Crippen LogP contribution is 2.38. The molecule has 8 nitrogen and oxygen atoms in total. The molecule has 1 aliphatic rings. The highest BCUT2D eigenvalue weighted by molar-refractivity contribution is 5.87. The molecule has 0 radical (unpaired) electrons. The molecule has 0 unspecified atom stereocenters. The van der Waals surface area contributed by atoms with Crippen LogP contribution < -0.4 is 19.7 Å². The molecule has 15 heteroatoms. The average Bonchev–Trinajstić information content (AvgIpc) is 2.95. The lowest BCUT2D eigenvalue weighted by Crippen LogP contribution is -2.31. The lowest BCUT2D eigenvalue weighted by molar-refractivity contribution is -0.143. The number of aromatic nitrogens is 2. The number of anilines is 3. The number of carbonyl (C=O) groups is 1. The number of hydrogen-bond acceptors (Lipinski definition) is 7. The van der Waals surface area contributed by atoms with E-state index in [1.165, 1.54) is 49.7 Å². The molecule has 1 amide bonds. The maximum atomic E-state index is 14.6. The van der Waals surface area contributed by atoms with Crippen LogP contribution in [-0.4, -0.2) is 54.2 Å². The van der Waals surface area contributed by atoms with Crippen LogP contribution in [0.2, 0.25) is 0 Å². The molecular formula is C28H28F7N5O3. The van der Waals surface area contributed by atoms with Crippen molar-refractivity contribution in [2.45, 2.75) is 38.0 Å². The lowest BCUT2D eigenvalue weighted by Gasteiger charge is -2.26. The number of halogens is 7. The summed E-state index contributed by atoms with van der Waals surface area (Å²) < 4.78 is 104. The molecule has 0 atom stereocenters. The van der Waals surface area contributed by atoms with Crippen molar-refractivity contribution in [3.8, 4) is 11.5 Å². The zero-order valence-corrected chi connectivity index (χ0v) is 22.9. The summed E-state index contributed by atoms with van der Waals surface area (Å²) in [6.07, 6.45) is -5.94. The maximum Gasteiger partial charge on any atom is 0.420 e. The summed E-state index contributed by atoms with van der Waals surface area (Å²) in [6.45, 7) is 3.36. The molecule has 43 heavy (non-hydrogen) atoms. The highest BCUT2D eigenvalue weighted by Gasteiger charge is 2.37. The molecule has 1 aliphatic heterocycles. The van der Waals surface area contributed by atoms with E-state index >= 15 is 0 Å². The molecule has 1 N–H and O–H groups in total.